The number of nitrogens with zero attached hydrogens (tertiary/aromatic N) is 3. The molecule has 0 aliphatic rings. The molecule has 4 nitrogen and oxygen atoms in total. The van der Waals surface area contributed by atoms with Gasteiger partial charge in [-0.05, 0) is 25.2 Å². The SMILES string of the molecule is CCN(CC)CCn1ccnc1Nc1ccccc1. The van der Waals surface area contributed by atoms with Crippen molar-refractivity contribution in [2.75, 3.05) is 25.0 Å². The van der Waals surface area contributed by atoms with Crippen molar-refractivity contribution in [3.8, 4) is 0 Å². The van der Waals surface area contributed by atoms with Crippen molar-refractivity contribution in [3.05, 3.63) is 42.7 Å². The first kappa shape index (κ1) is 13.6. The van der Waals surface area contributed by atoms with E-state index in [1.54, 1.807) is 0 Å². The molecule has 4 heteroatoms. The van der Waals surface area contributed by atoms with Gasteiger partial charge in [0.05, 0.1) is 0 Å². The third kappa shape index (κ3) is 3.83. The van der Waals surface area contributed by atoms with Crippen molar-refractivity contribution in [3.63, 3.8) is 0 Å². The lowest BCUT2D eigenvalue weighted by Crippen LogP contribution is -2.27. The lowest BCUT2D eigenvalue weighted by Gasteiger charge is -2.19. The maximum atomic E-state index is 4.37. The fourth-order valence-electron chi connectivity index (χ4n) is 2.05. The molecule has 0 aliphatic carbocycles. The molecule has 0 bridgehead atoms. The summed E-state index contributed by atoms with van der Waals surface area (Å²) in [6.07, 6.45) is 3.86. The summed E-state index contributed by atoms with van der Waals surface area (Å²) in [5.41, 5.74) is 1.07. The zero-order valence-corrected chi connectivity index (χ0v) is 11.7. The summed E-state index contributed by atoms with van der Waals surface area (Å²) in [5.74, 6) is 0.901. The van der Waals surface area contributed by atoms with Gasteiger partial charge in [-0.25, -0.2) is 4.98 Å². The van der Waals surface area contributed by atoms with Gasteiger partial charge >= 0.3 is 0 Å². The number of imidazole rings is 1. The van der Waals surface area contributed by atoms with Crippen molar-refractivity contribution in [2.24, 2.45) is 0 Å². The van der Waals surface area contributed by atoms with E-state index in [1.807, 2.05) is 42.7 Å². The van der Waals surface area contributed by atoms with Gasteiger partial charge in [0, 0.05) is 31.2 Å². The molecule has 1 aromatic heterocycles. The second kappa shape index (κ2) is 6.95. The largest absolute Gasteiger partial charge is 0.326 e. The minimum absolute atomic E-state index is 0.901. The molecule has 0 atom stereocenters. The van der Waals surface area contributed by atoms with Crippen LogP contribution in [0.3, 0.4) is 0 Å². The van der Waals surface area contributed by atoms with E-state index in [0.717, 1.165) is 37.8 Å². The monoisotopic (exact) mass is 258 g/mol. The topological polar surface area (TPSA) is 33.1 Å². The van der Waals surface area contributed by atoms with Gasteiger partial charge in [0.2, 0.25) is 5.95 Å². The standard InChI is InChI=1S/C15H22N4/c1-3-18(4-2)12-13-19-11-10-16-15(19)17-14-8-6-5-7-9-14/h5-11H,3-4,12-13H2,1-2H3,(H,16,17). The number of anilines is 2. The smallest absolute Gasteiger partial charge is 0.207 e. The normalized spacial score (nSPS) is 10.9. The predicted molar refractivity (Wildman–Crippen MR) is 79.7 cm³/mol. The highest BCUT2D eigenvalue weighted by Gasteiger charge is 2.04. The Morgan fingerprint density at radius 3 is 2.58 bits per heavy atom. The van der Waals surface area contributed by atoms with Gasteiger partial charge in [0.15, 0.2) is 0 Å². The van der Waals surface area contributed by atoms with E-state index in [-0.39, 0.29) is 0 Å². The van der Waals surface area contributed by atoms with Crippen molar-refractivity contribution in [1.29, 1.82) is 0 Å². The van der Waals surface area contributed by atoms with Gasteiger partial charge in [0.1, 0.15) is 0 Å². The summed E-state index contributed by atoms with van der Waals surface area (Å²) in [6.45, 7) is 8.57. The van der Waals surface area contributed by atoms with Crippen LogP contribution in [-0.4, -0.2) is 34.1 Å². The summed E-state index contributed by atoms with van der Waals surface area (Å²) in [7, 11) is 0. The first-order valence-electron chi connectivity index (χ1n) is 6.89. The van der Waals surface area contributed by atoms with E-state index < -0.39 is 0 Å². The predicted octanol–water partition coefficient (Wildman–Crippen LogP) is 2.97. The van der Waals surface area contributed by atoms with Crippen LogP contribution in [0, 0.1) is 0 Å². The molecule has 0 saturated heterocycles. The lowest BCUT2D eigenvalue weighted by molar-refractivity contribution is 0.291. The Hall–Kier alpha value is -1.81. The second-order valence-corrected chi connectivity index (χ2v) is 4.46. The van der Waals surface area contributed by atoms with Crippen LogP contribution in [-0.2, 0) is 6.54 Å². The minimum Gasteiger partial charge on any atom is -0.326 e. The molecule has 2 rings (SSSR count). The van der Waals surface area contributed by atoms with Gasteiger partial charge in [-0.15, -0.1) is 0 Å². The fourth-order valence-corrected chi connectivity index (χ4v) is 2.05. The highest BCUT2D eigenvalue weighted by Crippen LogP contribution is 2.14. The highest BCUT2D eigenvalue weighted by atomic mass is 15.2. The summed E-state index contributed by atoms with van der Waals surface area (Å²) >= 11 is 0. The van der Waals surface area contributed by atoms with Crippen molar-refractivity contribution in [2.45, 2.75) is 20.4 Å². The molecule has 0 spiro atoms. The summed E-state index contributed by atoms with van der Waals surface area (Å²) in [4.78, 5) is 6.78. The number of hydrogen-bond donors (Lipinski definition) is 1. The first-order chi connectivity index (χ1) is 9.33. The number of para-hydroxylation sites is 1. The van der Waals surface area contributed by atoms with Crippen LogP contribution in [0.25, 0.3) is 0 Å². The molecule has 0 aliphatic heterocycles. The molecule has 1 N–H and O–H groups in total. The van der Waals surface area contributed by atoms with Crippen LogP contribution in [0.5, 0.6) is 0 Å². The van der Waals surface area contributed by atoms with Crippen molar-refractivity contribution >= 4 is 11.6 Å². The third-order valence-corrected chi connectivity index (χ3v) is 3.30. The minimum atomic E-state index is 0.901. The maximum Gasteiger partial charge on any atom is 0.207 e. The highest BCUT2D eigenvalue weighted by molar-refractivity contribution is 5.52. The number of rotatable bonds is 7. The average Bonchev–Trinajstić information content (AvgIpc) is 2.88. The van der Waals surface area contributed by atoms with Gasteiger partial charge in [-0.3, -0.25) is 0 Å². The Morgan fingerprint density at radius 1 is 1.16 bits per heavy atom. The molecular weight excluding hydrogens is 236 g/mol. The van der Waals surface area contributed by atoms with E-state index >= 15 is 0 Å². The van der Waals surface area contributed by atoms with Crippen molar-refractivity contribution in [1.82, 2.24) is 14.5 Å². The zero-order chi connectivity index (χ0) is 13.5. The molecule has 0 saturated carbocycles. The number of nitrogens with one attached hydrogen (secondary N) is 1. The average molecular weight is 258 g/mol. The van der Waals surface area contributed by atoms with Crippen LogP contribution >= 0.6 is 0 Å². The Balaban J connectivity index is 1.98. The second-order valence-electron chi connectivity index (χ2n) is 4.46. The zero-order valence-electron chi connectivity index (χ0n) is 11.7. The summed E-state index contributed by atoms with van der Waals surface area (Å²) in [5, 5.41) is 3.35. The van der Waals surface area contributed by atoms with E-state index in [9.17, 15) is 0 Å². The van der Waals surface area contributed by atoms with Crippen LogP contribution < -0.4 is 5.32 Å². The van der Waals surface area contributed by atoms with Crippen molar-refractivity contribution < 1.29 is 0 Å². The lowest BCUT2D eigenvalue weighted by atomic mass is 10.3. The Labute approximate surface area is 115 Å². The first-order valence-corrected chi connectivity index (χ1v) is 6.89. The Morgan fingerprint density at radius 2 is 1.89 bits per heavy atom. The molecule has 19 heavy (non-hydrogen) atoms. The third-order valence-electron chi connectivity index (χ3n) is 3.30. The van der Waals surface area contributed by atoms with Gasteiger partial charge in [-0.1, -0.05) is 32.0 Å². The summed E-state index contributed by atoms with van der Waals surface area (Å²) in [6, 6.07) is 10.1. The molecule has 0 unspecified atom stereocenters. The number of aromatic nitrogens is 2. The molecule has 0 fully saturated rings. The molecule has 1 heterocycles. The van der Waals surface area contributed by atoms with Gasteiger partial charge in [-0.2, -0.15) is 0 Å². The van der Waals surface area contributed by atoms with Crippen LogP contribution in [0.2, 0.25) is 0 Å². The van der Waals surface area contributed by atoms with E-state index in [2.05, 4.69) is 33.6 Å². The van der Waals surface area contributed by atoms with E-state index in [4.69, 9.17) is 0 Å². The molecule has 2 aromatic rings. The van der Waals surface area contributed by atoms with Crippen LogP contribution in [0.4, 0.5) is 11.6 Å². The van der Waals surface area contributed by atoms with Crippen LogP contribution in [0.1, 0.15) is 13.8 Å². The number of hydrogen-bond acceptors (Lipinski definition) is 3. The van der Waals surface area contributed by atoms with E-state index in [1.165, 1.54) is 0 Å². The molecule has 1 aromatic carbocycles. The Bertz CT molecular complexity index is 474. The fraction of sp³-hybridized carbons (Fsp3) is 0.400. The Kier molecular flexibility index (Phi) is 4.98. The summed E-state index contributed by atoms with van der Waals surface area (Å²) < 4.78 is 2.16. The van der Waals surface area contributed by atoms with E-state index in [0.29, 0.717) is 0 Å². The van der Waals surface area contributed by atoms with Gasteiger partial charge in [0.25, 0.3) is 0 Å². The van der Waals surface area contributed by atoms with Gasteiger partial charge < -0.3 is 14.8 Å². The molecule has 102 valence electrons. The maximum absolute atomic E-state index is 4.37. The number of likely N-dealkylation sites (N-methyl/N-ethyl adjacent to an activating group) is 1. The molecule has 0 amide bonds. The quantitative estimate of drug-likeness (QED) is 0.829. The molecule has 0 radical (unpaired) electrons. The van der Waals surface area contributed by atoms with Crippen LogP contribution in [0.15, 0.2) is 42.7 Å². The molecular formula is C15H22N4. The number of benzene rings is 1.